The molecule has 0 aliphatic rings. The second-order valence-corrected chi connectivity index (χ2v) is 4.32. The van der Waals surface area contributed by atoms with Gasteiger partial charge in [-0.25, -0.2) is 4.98 Å². The molecule has 0 aliphatic carbocycles. The Hall–Kier alpha value is 0.450. The maximum Gasteiger partial charge on any atom is 0.214 e. The first kappa shape index (κ1) is 7.56. The van der Waals surface area contributed by atoms with Crippen LogP contribution in [0.1, 0.15) is 0 Å². The van der Waals surface area contributed by atoms with Crippen LogP contribution in [-0.4, -0.2) is 12.1 Å². The standard InChI is InChI=1S/C4H3ClINOS/c1-8-3-2(5)7-4(6)9-3/h1H3. The van der Waals surface area contributed by atoms with E-state index in [9.17, 15) is 0 Å². The summed E-state index contributed by atoms with van der Waals surface area (Å²) in [5.41, 5.74) is 0. The summed E-state index contributed by atoms with van der Waals surface area (Å²) in [4.78, 5) is 3.93. The summed E-state index contributed by atoms with van der Waals surface area (Å²) in [6, 6.07) is 0. The molecule has 1 heterocycles. The zero-order valence-electron chi connectivity index (χ0n) is 4.52. The average Bonchev–Trinajstić information content (AvgIpc) is 2.10. The number of aromatic nitrogens is 1. The number of rotatable bonds is 1. The number of methoxy groups -OCH3 is 1. The van der Waals surface area contributed by atoms with Gasteiger partial charge in [0, 0.05) is 0 Å². The van der Waals surface area contributed by atoms with Crippen molar-refractivity contribution in [1.29, 1.82) is 0 Å². The molecule has 0 unspecified atom stereocenters. The molecule has 0 saturated heterocycles. The number of hydrogen-bond acceptors (Lipinski definition) is 3. The maximum absolute atomic E-state index is 5.61. The van der Waals surface area contributed by atoms with Crippen LogP contribution in [0.5, 0.6) is 5.06 Å². The van der Waals surface area contributed by atoms with Crippen LogP contribution in [0, 0.1) is 3.01 Å². The zero-order chi connectivity index (χ0) is 6.85. The number of thiazole rings is 1. The second-order valence-electron chi connectivity index (χ2n) is 1.25. The van der Waals surface area contributed by atoms with E-state index in [-0.39, 0.29) is 0 Å². The van der Waals surface area contributed by atoms with Crippen LogP contribution >= 0.6 is 45.5 Å². The molecule has 1 aromatic heterocycles. The van der Waals surface area contributed by atoms with Crippen molar-refractivity contribution in [3.63, 3.8) is 0 Å². The number of hydrogen-bond donors (Lipinski definition) is 0. The van der Waals surface area contributed by atoms with Crippen molar-refractivity contribution in [2.24, 2.45) is 0 Å². The highest BCUT2D eigenvalue weighted by Crippen LogP contribution is 2.31. The molecule has 50 valence electrons. The predicted molar refractivity (Wildman–Crippen MR) is 46.4 cm³/mol. The molecule has 0 bridgehead atoms. The summed E-state index contributed by atoms with van der Waals surface area (Å²) >= 11 is 9.14. The van der Waals surface area contributed by atoms with Gasteiger partial charge in [0.25, 0.3) is 0 Å². The molecule has 0 aromatic carbocycles. The lowest BCUT2D eigenvalue weighted by Crippen LogP contribution is -1.76. The summed E-state index contributed by atoms with van der Waals surface area (Å²) in [7, 11) is 1.58. The predicted octanol–water partition coefficient (Wildman–Crippen LogP) is 2.41. The minimum absolute atomic E-state index is 0.451. The average molecular weight is 275 g/mol. The first-order chi connectivity index (χ1) is 4.24. The van der Waals surface area contributed by atoms with Gasteiger partial charge in [0.15, 0.2) is 8.17 Å². The Bertz CT molecular complexity index is 214. The second kappa shape index (κ2) is 3.03. The maximum atomic E-state index is 5.61. The van der Waals surface area contributed by atoms with E-state index in [1.165, 1.54) is 11.3 Å². The van der Waals surface area contributed by atoms with Gasteiger partial charge in [0.1, 0.15) is 0 Å². The van der Waals surface area contributed by atoms with E-state index < -0.39 is 0 Å². The highest BCUT2D eigenvalue weighted by molar-refractivity contribution is 14.1. The smallest absolute Gasteiger partial charge is 0.214 e. The Morgan fingerprint density at radius 3 is 2.67 bits per heavy atom. The van der Waals surface area contributed by atoms with Gasteiger partial charge in [-0.2, -0.15) is 0 Å². The molecule has 0 atom stereocenters. The van der Waals surface area contributed by atoms with Crippen LogP contribution < -0.4 is 4.74 Å². The summed E-state index contributed by atoms with van der Waals surface area (Å²) in [5, 5.41) is 1.13. The first-order valence-electron chi connectivity index (χ1n) is 2.10. The van der Waals surface area contributed by atoms with E-state index in [0.29, 0.717) is 10.2 Å². The van der Waals surface area contributed by atoms with Crippen molar-refractivity contribution in [3.05, 3.63) is 8.17 Å². The van der Waals surface area contributed by atoms with Crippen LogP contribution in [0.4, 0.5) is 0 Å². The monoisotopic (exact) mass is 275 g/mol. The van der Waals surface area contributed by atoms with Gasteiger partial charge in [0.05, 0.1) is 7.11 Å². The molecular weight excluding hydrogens is 272 g/mol. The minimum Gasteiger partial charge on any atom is -0.485 e. The van der Waals surface area contributed by atoms with Gasteiger partial charge >= 0.3 is 0 Å². The van der Waals surface area contributed by atoms with Gasteiger partial charge in [-0.15, -0.1) is 0 Å². The lowest BCUT2D eigenvalue weighted by Gasteiger charge is -1.88. The first-order valence-corrected chi connectivity index (χ1v) is 4.37. The molecule has 0 fully saturated rings. The van der Waals surface area contributed by atoms with Gasteiger partial charge in [0.2, 0.25) is 5.06 Å². The number of nitrogens with zero attached hydrogens (tertiary/aromatic N) is 1. The molecule has 5 heteroatoms. The molecule has 0 aliphatic heterocycles. The lowest BCUT2D eigenvalue weighted by atomic mass is 10.9. The highest BCUT2D eigenvalue weighted by Gasteiger charge is 2.05. The molecule has 9 heavy (non-hydrogen) atoms. The normalized spacial score (nSPS) is 9.67. The molecule has 0 spiro atoms. The molecular formula is C4H3ClINOS. The van der Waals surface area contributed by atoms with Crippen molar-refractivity contribution >= 4 is 45.5 Å². The zero-order valence-corrected chi connectivity index (χ0v) is 8.25. The van der Waals surface area contributed by atoms with Crippen LogP contribution in [0.15, 0.2) is 0 Å². The summed E-state index contributed by atoms with van der Waals surface area (Å²) in [6.07, 6.45) is 0. The van der Waals surface area contributed by atoms with Crippen molar-refractivity contribution in [2.45, 2.75) is 0 Å². The third kappa shape index (κ3) is 1.68. The SMILES string of the molecule is COc1sc(I)nc1Cl. The molecule has 1 rings (SSSR count). The largest absolute Gasteiger partial charge is 0.485 e. The van der Waals surface area contributed by atoms with E-state index in [1.54, 1.807) is 7.11 Å². The quantitative estimate of drug-likeness (QED) is 0.734. The fraction of sp³-hybridized carbons (Fsp3) is 0.250. The Kier molecular flexibility index (Phi) is 2.54. The lowest BCUT2D eigenvalue weighted by molar-refractivity contribution is 0.426. The van der Waals surface area contributed by atoms with Crippen molar-refractivity contribution < 1.29 is 4.74 Å². The topological polar surface area (TPSA) is 22.1 Å². The Labute approximate surface area is 75.3 Å². The van der Waals surface area contributed by atoms with Gasteiger partial charge in [-0.3, -0.25) is 0 Å². The molecule has 0 amide bonds. The third-order valence-corrected chi connectivity index (χ3v) is 2.79. The van der Waals surface area contributed by atoms with E-state index >= 15 is 0 Å². The Morgan fingerprint density at radius 2 is 2.44 bits per heavy atom. The fourth-order valence-electron chi connectivity index (χ4n) is 0.390. The highest BCUT2D eigenvalue weighted by atomic mass is 127. The molecule has 0 N–H and O–H groups in total. The van der Waals surface area contributed by atoms with Crippen LogP contribution in [-0.2, 0) is 0 Å². The van der Waals surface area contributed by atoms with Gasteiger partial charge in [-0.1, -0.05) is 22.9 Å². The van der Waals surface area contributed by atoms with Crippen molar-refractivity contribution in [3.8, 4) is 5.06 Å². The van der Waals surface area contributed by atoms with E-state index in [2.05, 4.69) is 27.6 Å². The summed E-state index contributed by atoms with van der Waals surface area (Å²) in [6.45, 7) is 0. The van der Waals surface area contributed by atoms with E-state index in [1.807, 2.05) is 0 Å². The van der Waals surface area contributed by atoms with Crippen molar-refractivity contribution in [1.82, 2.24) is 4.98 Å². The van der Waals surface area contributed by atoms with Gasteiger partial charge in [-0.05, 0) is 22.6 Å². The molecule has 0 saturated carbocycles. The molecule has 1 aromatic rings. The fourth-order valence-corrected chi connectivity index (χ4v) is 2.20. The van der Waals surface area contributed by atoms with E-state index in [0.717, 1.165) is 3.01 Å². The van der Waals surface area contributed by atoms with Crippen molar-refractivity contribution in [2.75, 3.05) is 7.11 Å². The van der Waals surface area contributed by atoms with Crippen LogP contribution in [0.25, 0.3) is 0 Å². The molecule has 2 nitrogen and oxygen atoms in total. The number of halogens is 2. The minimum atomic E-state index is 0.451. The summed E-state index contributed by atoms with van der Waals surface area (Å²) < 4.78 is 5.78. The number of ether oxygens (including phenoxy) is 1. The Balaban J connectivity index is 3.01. The van der Waals surface area contributed by atoms with Gasteiger partial charge < -0.3 is 4.74 Å². The van der Waals surface area contributed by atoms with Crippen LogP contribution in [0.3, 0.4) is 0 Å². The summed E-state index contributed by atoms with van der Waals surface area (Å²) in [5.74, 6) is 0. The Morgan fingerprint density at radius 1 is 1.78 bits per heavy atom. The van der Waals surface area contributed by atoms with Crippen LogP contribution in [0.2, 0.25) is 5.15 Å². The van der Waals surface area contributed by atoms with E-state index in [4.69, 9.17) is 16.3 Å². The third-order valence-electron chi connectivity index (χ3n) is 0.717. The molecule has 0 radical (unpaired) electrons.